The molecule has 0 amide bonds. The van der Waals surface area contributed by atoms with Crippen molar-refractivity contribution in [1.82, 2.24) is 5.48 Å². The van der Waals surface area contributed by atoms with Crippen LogP contribution in [0.15, 0.2) is 48.4 Å². The van der Waals surface area contributed by atoms with Crippen molar-refractivity contribution in [3.63, 3.8) is 0 Å². The first kappa shape index (κ1) is 8.13. The smallest absolute Gasteiger partial charge is 0.129 e. The maximum Gasteiger partial charge on any atom is 0.129 e. The molecule has 13 heavy (non-hydrogen) atoms. The van der Waals surface area contributed by atoms with Gasteiger partial charge in [-0.3, -0.25) is 0 Å². The third-order valence-corrected chi connectivity index (χ3v) is 2.09. The van der Waals surface area contributed by atoms with Crippen LogP contribution in [0.1, 0.15) is 6.42 Å². The van der Waals surface area contributed by atoms with Crippen LogP contribution in [-0.4, -0.2) is 10.7 Å². The van der Waals surface area contributed by atoms with Crippen LogP contribution in [-0.2, 0) is 4.84 Å². The van der Waals surface area contributed by atoms with E-state index in [4.69, 9.17) is 4.84 Å². The molecule has 2 N–H and O–H groups in total. The highest BCUT2D eigenvalue weighted by molar-refractivity contribution is 5.32. The summed E-state index contributed by atoms with van der Waals surface area (Å²) in [5, 5.41) is 10.1. The molecule has 0 aromatic carbocycles. The molecule has 0 aromatic rings. The highest BCUT2D eigenvalue weighted by Gasteiger charge is 2.29. The fraction of sp³-hybridized carbons (Fsp3) is 0.200. The summed E-state index contributed by atoms with van der Waals surface area (Å²) in [4.78, 5) is 4.88. The molecule has 1 heterocycles. The Balaban J connectivity index is 2.23. The van der Waals surface area contributed by atoms with E-state index >= 15 is 0 Å². The van der Waals surface area contributed by atoms with Gasteiger partial charge in [-0.25, -0.2) is 5.48 Å². The van der Waals surface area contributed by atoms with Gasteiger partial charge in [0.25, 0.3) is 0 Å². The van der Waals surface area contributed by atoms with Gasteiger partial charge in [0, 0.05) is 6.42 Å². The molecular weight excluding hydrogens is 166 g/mol. The van der Waals surface area contributed by atoms with Crippen molar-refractivity contribution in [3.05, 3.63) is 48.4 Å². The van der Waals surface area contributed by atoms with Gasteiger partial charge >= 0.3 is 0 Å². The first-order valence-electron chi connectivity index (χ1n) is 4.17. The molecule has 1 unspecified atom stereocenters. The summed E-state index contributed by atoms with van der Waals surface area (Å²) in [5.74, 6) is 0. The van der Waals surface area contributed by atoms with Crippen LogP contribution in [0, 0.1) is 0 Å². The second-order valence-electron chi connectivity index (χ2n) is 3.04. The van der Waals surface area contributed by atoms with Gasteiger partial charge in [0.05, 0.1) is 5.70 Å². The maximum atomic E-state index is 10.1. The van der Waals surface area contributed by atoms with Gasteiger partial charge in [0.15, 0.2) is 0 Å². The molecule has 0 radical (unpaired) electrons. The second kappa shape index (κ2) is 3.11. The summed E-state index contributed by atoms with van der Waals surface area (Å²) in [6.07, 6.45) is 13.0. The second-order valence-corrected chi connectivity index (χ2v) is 3.04. The summed E-state index contributed by atoms with van der Waals surface area (Å²) < 4.78 is 0. The molecule has 2 aliphatic rings. The Bertz CT molecular complexity index is 315. The van der Waals surface area contributed by atoms with E-state index in [1.165, 1.54) is 6.26 Å². The van der Waals surface area contributed by atoms with Crippen molar-refractivity contribution in [2.45, 2.75) is 12.0 Å². The summed E-state index contributed by atoms with van der Waals surface area (Å²) in [6.45, 7) is 0. The van der Waals surface area contributed by atoms with Crippen molar-refractivity contribution >= 4 is 0 Å². The normalized spacial score (nSPS) is 30.7. The quantitative estimate of drug-likeness (QED) is 0.631. The lowest BCUT2D eigenvalue weighted by Gasteiger charge is -2.29. The third kappa shape index (κ3) is 1.51. The molecule has 1 aliphatic carbocycles. The Labute approximate surface area is 76.7 Å². The molecule has 1 aliphatic heterocycles. The van der Waals surface area contributed by atoms with E-state index in [1.807, 2.05) is 18.2 Å². The summed E-state index contributed by atoms with van der Waals surface area (Å²) in [7, 11) is 0. The van der Waals surface area contributed by atoms with E-state index in [-0.39, 0.29) is 0 Å². The van der Waals surface area contributed by atoms with Crippen LogP contribution in [0.25, 0.3) is 0 Å². The Morgan fingerprint density at radius 3 is 2.92 bits per heavy atom. The lowest BCUT2D eigenvalue weighted by Crippen LogP contribution is -2.37. The van der Waals surface area contributed by atoms with Crippen LogP contribution >= 0.6 is 0 Å². The lowest BCUT2D eigenvalue weighted by atomic mass is 9.91. The molecule has 3 nitrogen and oxygen atoms in total. The van der Waals surface area contributed by atoms with Gasteiger partial charge in [-0.1, -0.05) is 18.2 Å². The molecule has 3 heteroatoms. The van der Waals surface area contributed by atoms with E-state index < -0.39 is 5.60 Å². The number of aliphatic hydroxyl groups is 1. The summed E-state index contributed by atoms with van der Waals surface area (Å²) in [5.41, 5.74) is 2.39. The molecule has 68 valence electrons. The predicted octanol–water partition coefficient (Wildman–Crippen LogP) is 1.17. The van der Waals surface area contributed by atoms with E-state index in [0.29, 0.717) is 12.1 Å². The molecular formula is C10H11NO2. The van der Waals surface area contributed by atoms with Crippen molar-refractivity contribution in [2.75, 3.05) is 0 Å². The zero-order valence-corrected chi connectivity index (χ0v) is 7.10. The van der Waals surface area contributed by atoms with E-state index in [2.05, 4.69) is 5.48 Å². The van der Waals surface area contributed by atoms with E-state index in [0.717, 1.165) is 0 Å². The Kier molecular flexibility index (Phi) is 1.94. The molecule has 0 aromatic heterocycles. The molecule has 1 atom stereocenters. The number of hydrogen-bond donors (Lipinski definition) is 2. The minimum absolute atomic E-state index is 0.569. The average molecular weight is 177 g/mol. The Morgan fingerprint density at radius 2 is 2.31 bits per heavy atom. The van der Waals surface area contributed by atoms with Gasteiger partial charge in [-0.15, -0.1) is 0 Å². The number of hydrogen-bond acceptors (Lipinski definition) is 3. The standard InChI is InChI=1S/C10H11NO2/c12-10(6-2-1-3-7-10)9-5-4-8-13-11-9/h1-6,8,11-12H,7H2. The van der Waals surface area contributed by atoms with Crippen LogP contribution in [0.2, 0.25) is 0 Å². The monoisotopic (exact) mass is 177 g/mol. The highest BCUT2D eigenvalue weighted by Crippen LogP contribution is 2.25. The topological polar surface area (TPSA) is 41.5 Å². The first-order valence-corrected chi connectivity index (χ1v) is 4.17. The van der Waals surface area contributed by atoms with Gasteiger partial charge < -0.3 is 9.94 Å². The Morgan fingerprint density at radius 1 is 1.38 bits per heavy atom. The fourth-order valence-electron chi connectivity index (χ4n) is 1.35. The number of nitrogens with one attached hydrogen (secondary N) is 1. The van der Waals surface area contributed by atoms with Crippen LogP contribution in [0.5, 0.6) is 0 Å². The number of allylic oxidation sites excluding steroid dienone is 4. The van der Waals surface area contributed by atoms with Crippen LogP contribution in [0.4, 0.5) is 0 Å². The molecule has 2 rings (SSSR count). The van der Waals surface area contributed by atoms with Crippen molar-refractivity contribution < 1.29 is 9.94 Å². The van der Waals surface area contributed by atoms with Crippen LogP contribution in [0.3, 0.4) is 0 Å². The molecule has 0 bridgehead atoms. The first-order chi connectivity index (χ1) is 6.31. The molecule has 0 saturated carbocycles. The van der Waals surface area contributed by atoms with Gasteiger partial charge in [-0.2, -0.15) is 0 Å². The van der Waals surface area contributed by atoms with Crippen molar-refractivity contribution in [3.8, 4) is 0 Å². The lowest BCUT2D eigenvalue weighted by molar-refractivity contribution is 0.0705. The molecule has 0 fully saturated rings. The van der Waals surface area contributed by atoms with Gasteiger partial charge in [0.2, 0.25) is 0 Å². The zero-order valence-electron chi connectivity index (χ0n) is 7.10. The minimum Gasteiger partial charge on any atom is -0.390 e. The van der Waals surface area contributed by atoms with Crippen LogP contribution < -0.4 is 5.48 Å². The maximum absolute atomic E-state index is 10.1. The summed E-state index contributed by atoms with van der Waals surface area (Å²) >= 11 is 0. The van der Waals surface area contributed by atoms with Gasteiger partial charge in [0.1, 0.15) is 11.9 Å². The number of hydroxylamine groups is 1. The SMILES string of the molecule is OC1(C2=CC=CON2)C=CC=CC1. The molecule has 0 saturated heterocycles. The Hall–Kier alpha value is -1.48. The van der Waals surface area contributed by atoms with E-state index in [9.17, 15) is 5.11 Å². The van der Waals surface area contributed by atoms with Crippen molar-refractivity contribution in [2.24, 2.45) is 0 Å². The average Bonchev–Trinajstić information content (AvgIpc) is 2.20. The third-order valence-electron chi connectivity index (χ3n) is 2.09. The largest absolute Gasteiger partial charge is 0.390 e. The van der Waals surface area contributed by atoms with Gasteiger partial charge in [-0.05, 0) is 18.2 Å². The molecule has 0 spiro atoms. The number of rotatable bonds is 1. The zero-order chi connectivity index (χ0) is 9.15. The fourth-order valence-corrected chi connectivity index (χ4v) is 1.35. The highest BCUT2D eigenvalue weighted by atomic mass is 16.6. The predicted molar refractivity (Wildman–Crippen MR) is 49.3 cm³/mol. The summed E-state index contributed by atoms with van der Waals surface area (Å²) in [6, 6.07) is 0. The van der Waals surface area contributed by atoms with E-state index in [1.54, 1.807) is 18.2 Å². The van der Waals surface area contributed by atoms with Crippen molar-refractivity contribution in [1.29, 1.82) is 0 Å². The minimum atomic E-state index is -0.945.